The van der Waals surface area contributed by atoms with Crippen LogP contribution in [0.4, 0.5) is 8.78 Å². The second kappa shape index (κ2) is 4.51. The normalized spacial score (nSPS) is 29.1. The van der Waals surface area contributed by atoms with E-state index in [9.17, 15) is 8.78 Å². The maximum Gasteiger partial charge on any atom is 0.301 e. The van der Waals surface area contributed by atoms with E-state index in [1.807, 2.05) is 0 Å². The van der Waals surface area contributed by atoms with Gasteiger partial charge in [0.1, 0.15) is 6.61 Å². The number of ether oxygens (including phenoxy) is 2. The molecule has 5 heteroatoms. The van der Waals surface area contributed by atoms with Crippen LogP contribution in [0.1, 0.15) is 19.3 Å². The highest BCUT2D eigenvalue weighted by Gasteiger charge is 2.55. The van der Waals surface area contributed by atoms with Crippen LogP contribution in [0.15, 0.2) is 0 Å². The third kappa shape index (κ3) is 2.04. The quantitative estimate of drug-likeness (QED) is 0.757. The monoisotopic (exact) mass is 210 g/mol. The van der Waals surface area contributed by atoms with E-state index in [0.717, 1.165) is 6.42 Å². The van der Waals surface area contributed by atoms with Crippen LogP contribution < -0.4 is 0 Å². The van der Waals surface area contributed by atoms with Crippen LogP contribution in [0, 0.1) is 0 Å². The highest BCUT2D eigenvalue weighted by atomic mass is 19.3. The second-order valence-electron chi connectivity index (χ2n) is 3.60. The Morgan fingerprint density at radius 1 is 1.50 bits per heavy atom. The molecule has 14 heavy (non-hydrogen) atoms. The van der Waals surface area contributed by atoms with Gasteiger partial charge in [-0.25, -0.2) is 8.78 Å². The fraction of sp³-hybridized carbons (Fsp3) is 1.00. The standard InChI is InChI=1S/C9H16F2O3/c1-13-7-8(9(10,11)6-12)4-2-3-5-14-8/h12H,2-7H2,1H3. The van der Waals surface area contributed by atoms with Gasteiger partial charge in [0.2, 0.25) is 0 Å². The molecule has 0 spiro atoms. The van der Waals surface area contributed by atoms with E-state index in [1.54, 1.807) is 0 Å². The van der Waals surface area contributed by atoms with Crippen LogP contribution >= 0.6 is 0 Å². The summed E-state index contributed by atoms with van der Waals surface area (Å²) in [6.07, 6.45) is 1.69. The lowest BCUT2D eigenvalue weighted by Crippen LogP contribution is -2.57. The molecule has 1 N–H and O–H groups in total. The molecule has 0 bridgehead atoms. The molecular weight excluding hydrogens is 194 g/mol. The molecule has 0 aromatic rings. The van der Waals surface area contributed by atoms with E-state index in [2.05, 4.69) is 0 Å². The molecule has 1 atom stereocenters. The fourth-order valence-electron chi connectivity index (χ4n) is 1.74. The molecule has 0 aliphatic carbocycles. The molecule has 3 nitrogen and oxygen atoms in total. The highest BCUT2D eigenvalue weighted by Crippen LogP contribution is 2.39. The Bertz CT molecular complexity index is 173. The maximum atomic E-state index is 13.4. The molecule has 1 aliphatic heterocycles. The summed E-state index contributed by atoms with van der Waals surface area (Å²) in [5.74, 6) is -3.23. The zero-order valence-electron chi connectivity index (χ0n) is 8.26. The van der Waals surface area contributed by atoms with E-state index < -0.39 is 18.1 Å². The molecule has 1 rings (SSSR count). The maximum absolute atomic E-state index is 13.4. The SMILES string of the molecule is COCC1(C(F)(F)CO)CCCCO1. The Kier molecular flexibility index (Phi) is 3.80. The Labute approximate surface area is 82.0 Å². The Morgan fingerprint density at radius 3 is 2.64 bits per heavy atom. The van der Waals surface area contributed by atoms with Crippen LogP contribution in [-0.2, 0) is 9.47 Å². The van der Waals surface area contributed by atoms with Gasteiger partial charge in [0.15, 0.2) is 5.60 Å². The minimum absolute atomic E-state index is 0.180. The summed E-state index contributed by atoms with van der Waals surface area (Å²) in [5, 5.41) is 8.65. The molecule has 1 saturated heterocycles. The predicted octanol–water partition coefficient (Wildman–Crippen LogP) is 1.20. The van der Waals surface area contributed by atoms with Crippen LogP contribution in [0.3, 0.4) is 0 Å². The van der Waals surface area contributed by atoms with Crippen molar-refractivity contribution in [1.82, 2.24) is 0 Å². The first-order valence-electron chi connectivity index (χ1n) is 4.69. The summed E-state index contributed by atoms with van der Waals surface area (Å²) in [5.41, 5.74) is -1.63. The van der Waals surface area contributed by atoms with Gasteiger partial charge in [0.05, 0.1) is 6.61 Å². The van der Waals surface area contributed by atoms with Crippen molar-refractivity contribution >= 4 is 0 Å². The van der Waals surface area contributed by atoms with E-state index in [4.69, 9.17) is 14.6 Å². The number of methoxy groups -OCH3 is 1. The van der Waals surface area contributed by atoms with Crippen LogP contribution in [0.2, 0.25) is 0 Å². The van der Waals surface area contributed by atoms with Gasteiger partial charge in [-0.2, -0.15) is 0 Å². The first kappa shape index (κ1) is 11.8. The molecule has 0 amide bonds. The first-order chi connectivity index (χ1) is 6.58. The largest absolute Gasteiger partial charge is 0.390 e. The van der Waals surface area contributed by atoms with E-state index in [1.165, 1.54) is 7.11 Å². The minimum atomic E-state index is -3.23. The van der Waals surface area contributed by atoms with E-state index in [-0.39, 0.29) is 13.0 Å². The predicted molar refractivity (Wildman–Crippen MR) is 46.4 cm³/mol. The summed E-state index contributed by atoms with van der Waals surface area (Å²) < 4.78 is 36.7. The van der Waals surface area contributed by atoms with E-state index in [0.29, 0.717) is 13.0 Å². The van der Waals surface area contributed by atoms with Crippen molar-refractivity contribution in [2.45, 2.75) is 30.8 Å². The number of hydrogen-bond donors (Lipinski definition) is 1. The van der Waals surface area contributed by atoms with Gasteiger partial charge in [-0.1, -0.05) is 0 Å². The molecule has 1 heterocycles. The molecule has 1 aliphatic rings. The lowest BCUT2D eigenvalue weighted by molar-refractivity contribution is -0.255. The van der Waals surface area contributed by atoms with Crippen molar-refractivity contribution < 1.29 is 23.4 Å². The second-order valence-corrected chi connectivity index (χ2v) is 3.60. The topological polar surface area (TPSA) is 38.7 Å². The highest BCUT2D eigenvalue weighted by molar-refractivity contribution is 4.96. The van der Waals surface area contributed by atoms with Crippen LogP contribution in [0.5, 0.6) is 0 Å². The molecular formula is C9H16F2O3. The Hall–Kier alpha value is -0.260. The summed E-state index contributed by atoms with van der Waals surface area (Å²) in [6, 6.07) is 0. The van der Waals surface area contributed by atoms with Crippen molar-refractivity contribution in [1.29, 1.82) is 0 Å². The number of aliphatic hydroxyl groups is 1. The zero-order valence-corrected chi connectivity index (χ0v) is 8.26. The summed E-state index contributed by atoms with van der Waals surface area (Å²) in [7, 11) is 1.35. The molecule has 0 radical (unpaired) electrons. The lowest BCUT2D eigenvalue weighted by atomic mass is 9.88. The minimum Gasteiger partial charge on any atom is -0.390 e. The van der Waals surface area contributed by atoms with E-state index >= 15 is 0 Å². The number of aliphatic hydroxyl groups excluding tert-OH is 1. The summed E-state index contributed by atoms with van der Waals surface area (Å²) >= 11 is 0. The summed E-state index contributed by atoms with van der Waals surface area (Å²) in [6.45, 7) is -1.07. The summed E-state index contributed by atoms with van der Waals surface area (Å²) in [4.78, 5) is 0. The zero-order chi connectivity index (χ0) is 10.7. The molecule has 1 unspecified atom stereocenters. The molecule has 0 aromatic heterocycles. The first-order valence-corrected chi connectivity index (χ1v) is 4.69. The van der Waals surface area contributed by atoms with Crippen molar-refractivity contribution in [2.24, 2.45) is 0 Å². The number of rotatable bonds is 4. The van der Waals surface area contributed by atoms with Gasteiger partial charge in [-0.3, -0.25) is 0 Å². The van der Waals surface area contributed by atoms with Gasteiger partial charge in [0, 0.05) is 13.7 Å². The molecule has 84 valence electrons. The number of alkyl halides is 2. The van der Waals surface area contributed by atoms with Gasteiger partial charge >= 0.3 is 5.92 Å². The third-order valence-electron chi connectivity index (χ3n) is 2.60. The van der Waals surface area contributed by atoms with Gasteiger partial charge in [0.25, 0.3) is 0 Å². The average Bonchev–Trinajstić information content (AvgIpc) is 2.19. The molecule has 0 aromatic carbocycles. The van der Waals surface area contributed by atoms with Crippen molar-refractivity contribution in [3.63, 3.8) is 0 Å². The van der Waals surface area contributed by atoms with Crippen LogP contribution in [0.25, 0.3) is 0 Å². The smallest absolute Gasteiger partial charge is 0.301 e. The number of halogens is 2. The van der Waals surface area contributed by atoms with Gasteiger partial charge in [-0.05, 0) is 19.3 Å². The molecule has 1 fully saturated rings. The van der Waals surface area contributed by atoms with Gasteiger partial charge in [-0.15, -0.1) is 0 Å². The Morgan fingerprint density at radius 2 is 2.21 bits per heavy atom. The third-order valence-corrected chi connectivity index (χ3v) is 2.60. The lowest BCUT2D eigenvalue weighted by Gasteiger charge is -2.41. The van der Waals surface area contributed by atoms with Crippen molar-refractivity contribution in [3.05, 3.63) is 0 Å². The van der Waals surface area contributed by atoms with Crippen molar-refractivity contribution in [3.8, 4) is 0 Å². The molecule has 0 saturated carbocycles. The van der Waals surface area contributed by atoms with Gasteiger partial charge < -0.3 is 14.6 Å². The van der Waals surface area contributed by atoms with Crippen molar-refractivity contribution in [2.75, 3.05) is 26.9 Å². The average molecular weight is 210 g/mol. The Balaban J connectivity index is 2.78. The fourth-order valence-corrected chi connectivity index (χ4v) is 1.74. The number of hydrogen-bond acceptors (Lipinski definition) is 3. The van der Waals surface area contributed by atoms with Crippen LogP contribution in [-0.4, -0.2) is 43.6 Å².